The minimum absolute atomic E-state index is 0.492. The van der Waals surface area contributed by atoms with E-state index in [-0.39, 0.29) is 0 Å². The Kier molecular flexibility index (Phi) is 4.27. The zero-order chi connectivity index (χ0) is 16.4. The maximum atomic E-state index is 4.56. The summed E-state index contributed by atoms with van der Waals surface area (Å²) in [6.07, 6.45) is 6.23. The van der Waals surface area contributed by atoms with Crippen LogP contribution in [0.4, 0.5) is 10.8 Å². The summed E-state index contributed by atoms with van der Waals surface area (Å²) < 4.78 is 6.50. The smallest absolute Gasteiger partial charge is 0.207 e. The van der Waals surface area contributed by atoms with Crippen LogP contribution in [0.2, 0.25) is 0 Å². The molecule has 3 aromatic rings. The van der Waals surface area contributed by atoms with E-state index in [1.165, 1.54) is 11.5 Å². The van der Waals surface area contributed by atoms with Crippen molar-refractivity contribution in [2.24, 2.45) is 0 Å². The first-order valence-electron chi connectivity index (χ1n) is 8.17. The van der Waals surface area contributed by atoms with Crippen molar-refractivity contribution in [2.75, 3.05) is 25.5 Å². The van der Waals surface area contributed by atoms with Crippen molar-refractivity contribution >= 4 is 22.4 Å². The van der Waals surface area contributed by atoms with Gasteiger partial charge < -0.3 is 10.2 Å². The van der Waals surface area contributed by atoms with Gasteiger partial charge in [-0.05, 0) is 33.0 Å². The van der Waals surface area contributed by atoms with Crippen LogP contribution in [0.1, 0.15) is 18.9 Å². The van der Waals surface area contributed by atoms with E-state index in [1.54, 1.807) is 0 Å². The van der Waals surface area contributed by atoms with Gasteiger partial charge in [-0.2, -0.15) is 14.5 Å². The molecule has 0 atom stereocenters. The molecule has 3 heterocycles. The largest absolute Gasteiger partial charge is 0.328 e. The maximum absolute atomic E-state index is 4.56. The van der Waals surface area contributed by atoms with Crippen molar-refractivity contribution in [3.8, 4) is 11.4 Å². The highest BCUT2D eigenvalue weighted by Gasteiger charge is 2.19. The minimum atomic E-state index is 0.492. The molecule has 0 unspecified atom stereocenters. The Labute approximate surface area is 145 Å². The summed E-state index contributed by atoms with van der Waals surface area (Å²) in [5.74, 6) is 0.755. The number of hydrogen-bond acceptors (Lipinski definition) is 6. The molecule has 1 fully saturated rings. The van der Waals surface area contributed by atoms with Crippen LogP contribution in [0.5, 0.6) is 0 Å². The molecular weight excluding hydrogens is 320 g/mol. The van der Waals surface area contributed by atoms with Crippen molar-refractivity contribution in [1.29, 1.82) is 0 Å². The van der Waals surface area contributed by atoms with E-state index in [0.717, 1.165) is 48.1 Å². The van der Waals surface area contributed by atoms with Crippen LogP contribution < -0.4 is 5.32 Å². The average Bonchev–Trinajstić information content (AvgIpc) is 3.27. The summed E-state index contributed by atoms with van der Waals surface area (Å²) in [6, 6.07) is 10.5. The molecule has 0 bridgehead atoms. The second-order valence-corrected chi connectivity index (χ2v) is 6.91. The molecule has 1 saturated heterocycles. The van der Waals surface area contributed by atoms with Gasteiger partial charge in [0.1, 0.15) is 0 Å². The third-order valence-corrected chi connectivity index (χ3v) is 5.00. The molecule has 6 nitrogen and oxygen atoms in total. The summed E-state index contributed by atoms with van der Waals surface area (Å²) >= 11 is 1.37. The summed E-state index contributed by atoms with van der Waals surface area (Å²) in [5, 5.41) is 8.62. The van der Waals surface area contributed by atoms with E-state index in [4.69, 9.17) is 0 Å². The molecule has 0 spiro atoms. The second kappa shape index (κ2) is 6.70. The van der Waals surface area contributed by atoms with Crippen LogP contribution in [0.3, 0.4) is 0 Å². The third-order valence-electron chi connectivity index (χ3n) is 4.37. The number of aromatic nitrogens is 4. The predicted molar refractivity (Wildman–Crippen MR) is 96.6 cm³/mol. The molecular formula is C17H20N6S. The quantitative estimate of drug-likeness (QED) is 0.789. The molecule has 4 rings (SSSR count). The number of likely N-dealkylation sites (tertiary alicyclic amines) is 1. The first-order chi connectivity index (χ1) is 11.8. The van der Waals surface area contributed by atoms with Crippen LogP contribution >= 0.6 is 11.5 Å². The Hall–Kier alpha value is -2.25. The number of nitrogens with zero attached hydrogens (tertiary/aromatic N) is 5. The van der Waals surface area contributed by atoms with Gasteiger partial charge in [0.2, 0.25) is 5.13 Å². The van der Waals surface area contributed by atoms with E-state index in [0.29, 0.717) is 6.04 Å². The van der Waals surface area contributed by atoms with Crippen LogP contribution in [-0.4, -0.2) is 44.2 Å². The summed E-state index contributed by atoms with van der Waals surface area (Å²) in [7, 11) is 2.17. The lowest BCUT2D eigenvalue weighted by molar-refractivity contribution is 0.212. The Morgan fingerprint density at radius 3 is 2.75 bits per heavy atom. The fourth-order valence-electron chi connectivity index (χ4n) is 2.96. The first kappa shape index (κ1) is 15.3. The van der Waals surface area contributed by atoms with E-state index in [9.17, 15) is 0 Å². The summed E-state index contributed by atoms with van der Waals surface area (Å²) in [5.41, 5.74) is 1.99. The lowest BCUT2D eigenvalue weighted by atomic mass is 10.1. The first-order valence-corrected chi connectivity index (χ1v) is 8.94. The number of hydrogen-bond donors (Lipinski definition) is 1. The van der Waals surface area contributed by atoms with Crippen LogP contribution in [0.15, 0.2) is 42.7 Å². The van der Waals surface area contributed by atoms with Gasteiger partial charge in [-0.25, -0.2) is 0 Å². The predicted octanol–water partition coefficient (Wildman–Crippen LogP) is 3.41. The van der Waals surface area contributed by atoms with Gasteiger partial charge in [-0.3, -0.25) is 4.68 Å². The number of nitrogens with one attached hydrogen (secondary N) is 1. The summed E-state index contributed by atoms with van der Waals surface area (Å²) in [6.45, 7) is 2.26. The zero-order valence-electron chi connectivity index (χ0n) is 13.6. The number of piperidine rings is 1. The van der Waals surface area contributed by atoms with E-state index >= 15 is 0 Å². The molecule has 1 N–H and O–H groups in total. The molecule has 0 radical (unpaired) electrons. The Balaban J connectivity index is 1.44. The van der Waals surface area contributed by atoms with E-state index in [1.807, 2.05) is 36.5 Å². The third kappa shape index (κ3) is 3.32. The number of anilines is 2. The van der Waals surface area contributed by atoms with Crippen molar-refractivity contribution < 1.29 is 0 Å². The maximum Gasteiger partial charge on any atom is 0.207 e. The SMILES string of the molecule is CN1CCC(n2cc(Nc3nc(-c4ccccc4)ns3)cn2)CC1. The second-order valence-electron chi connectivity index (χ2n) is 6.16. The highest BCUT2D eigenvalue weighted by atomic mass is 32.1. The number of rotatable bonds is 4. The van der Waals surface area contributed by atoms with Crippen molar-refractivity contribution in [2.45, 2.75) is 18.9 Å². The van der Waals surface area contributed by atoms with Gasteiger partial charge in [0.05, 0.1) is 17.9 Å². The molecule has 2 aromatic heterocycles. The van der Waals surface area contributed by atoms with Gasteiger partial charge in [0, 0.05) is 23.3 Å². The topological polar surface area (TPSA) is 58.9 Å². The summed E-state index contributed by atoms with van der Waals surface area (Å²) in [4.78, 5) is 6.93. The lowest BCUT2D eigenvalue weighted by Gasteiger charge is -2.28. The van der Waals surface area contributed by atoms with Gasteiger partial charge in [-0.15, -0.1) is 0 Å². The van der Waals surface area contributed by atoms with Crippen LogP contribution in [0.25, 0.3) is 11.4 Å². The molecule has 1 aliphatic heterocycles. The van der Waals surface area contributed by atoms with E-state index in [2.05, 4.69) is 42.6 Å². The number of benzene rings is 1. The van der Waals surface area contributed by atoms with Crippen LogP contribution in [-0.2, 0) is 0 Å². The van der Waals surface area contributed by atoms with Crippen molar-refractivity contribution in [3.05, 3.63) is 42.7 Å². The Morgan fingerprint density at radius 2 is 1.96 bits per heavy atom. The average molecular weight is 340 g/mol. The van der Waals surface area contributed by atoms with Gasteiger partial charge in [-0.1, -0.05) is 30.3 Å². The molecule has 0 saturated carbocycles. The lowest BCUT2D eigenvalue weighted by Crippen LogP contribution is -2.31. The molecule has 0 aliphatic carbocycles. The highest BCUT2D eigenvalue weighted by Crippen LogP contribution is 2.26. The Bertz CT molecular complexity index is 788. The molecule has 1 aliphatic rings. The molecule has 0 amide bonds. The Morgan fingerprint density at radius 1 is 1.17 bits per heavy atom. The molecule has 1 aromatic carbocycles. The van der Waals surface area contributed by atoms with Gasteiger partial charge in [0.15, 0.2) is 5.82 Å². The molecule has 24 heavy (non-hydrogen) atoms. The van der Waals surface area contributed by atoms with E-state index < -0.39 is 0 Å². The molecule has 7 heteroatoms. The normalized spacial score (nSPS) is 16.4. The standard InChI is InChI=1S/C17H20N6S/c1-22-9-7-15(8-10-22)23-12-14(11-18-23)19-17-20-16(21-24-17)13-5-3-2-4-6-13/h2-6,11-12,15H,7-10H2,1H3,(H,19,20,21). The fraction of sp³-hybridized carbons (Fsp3) is 0.353. The zero-order valence-corrected chi connectivity index (χ0v) is 14.4. The van der Waals surface area contributed by atoms with Gasteiger partial charge in [0.25, 0.3) is 0 Å². The van der Waals surface area contributed by atoms with Crippen molar-refractivity contribution in [1.82, 2.24) is 24.0 Å². The monoisotopic (exact) mass is 340 g/mol. The van der Waals surface area contributed by atoms with Crippen molar-refractivity contribution in [3.63, 3.8) is 0 Å². The van der Waals surface area contributed by atoms with Gasteiger partial charge >= 0.3 is 0 Å². The fourth-order valence-corrected chi connectivity index (χ4v) is 3.57. The minimum Gasteiger partial charge on any atom is -0.328 e. The van der Waals surface area contributed by atoms with Crippen LogP contribution in [0, 0.1) is 0 Å². The molecule has 124 valence electrons. The highest BCUT2D eigenvalue weighted by molar-refractivity contribution is 7.09.